The molecule has 3 N–H and O–H groups in total. The van der Waals surface area contributed by atoms with Crippen LogP contribution in [0.15, 0.2) is 24.3 Å². The molecule has 1 aliphatic heterocycles. The van der Waals surface area contributed by atoms with E-state index < -0.39 is 23.1 Å². The van der Waals surface area contributed by atoms with Gasteiger partial charge in [0, 0.05) is 30.3 Å². The number of H-pyrrole nitrogens is 1. The topological polar surface area (TPSA) is 120 Å². The van der Waals surface area contributed by atoms with Crippen LogP contribution in [-0.4, -0.2) is 54.4 Å². The van der Waals surface area contributed by atoms with Crippen LogP contribution >= 0.6 is 11.6 Å². The Morgan fingerprint density at radius 3 is 2.73 bits per heavy atom. The minimum absolute atomic E-state index is 0.0207. The van der Waals surface area contributed by atoms with Gasteiger partial charge in [0.15, 0.2) is 5.82 Å². The van der Waals surface area contributed by atoms with Gasteiger partial charge in [0.05, 0.1) is 10.4 Å². The molecule has 0 atom stereocenters. The molecule has 174 valence electrons. The van der Waals surface area contributed by atoms with Crippen LogP contribution in [0.3, 0.4) is 0 Å². The van der Waals surface area contributed by atoms with Gasteiger partial charge in [-0.05, 0) is 38.9 Å². The van der Waals surface area contributed by atoms with E-state index in [0.29, 0.717) is 31.0 Å². The number of carboxylic acids is 1. The number of aromatic amines is 1. The third-order valence-corrected chi connectivity index (χ3v) is 6.15. The fraction of sp³-hybridized carbons (Fsp3) is 0.381. The third-order valence-electron chi connectivity index (χ3n) is 5.86. The number of nitrogens with one attached hydrogen (secondary N) is 2. The van der Waals surface area contributed by atoms with Crippen molar-refractivity contribution >= 4 is 29.3 Å². The smallest absolute Gasteiger partial charge is 0.310 e. The van der Waals surface area contributed by atoms with Crippen LogP contribution in [0.4, 0.5) is 20.5 Å². The Balaban J connectivity index is 1.47. The number of carboxylic acid groups (broad SMARTS) is 1. The lowest BCUT2D eigenvalue weighted by Gasteiger charge is -2.38. The number of halogens is 3. The lowest BCUT2D eigenvalue weighted by molar-refractivity contribution is -0.152. The maximum Gasteiger partial charge on any atom is 0.310 e. The highest BCUT2D eigenvalue weighted by atomic mass is 35.5. The van der Waals surface area contributed by atoms with Crippen LogP contribution in [0.5, 0.6) is 0 Å². The highest BCUT2D eigenvalue weighted by Gasteiger charge is 2.43. The second-order valence-corrected chi connectivity index (χ2v) is 8.59. The molecule has 0 radical (unpaired) electrons. The number of hydrogen-bond acceptors (Lipinski definition) is 7. The summed E-state index contributed by atoms with van der Waals surface area (Å²) in [5, 5.41) is 26.8. The average molecular weight is 478 g/mol. The standard InChI is InChI=1S/C21H22ClF2N7O2/c1-12-9-16(28-27-12)26-20-25-15(18(24)29-30-20)10-21(19(32)33)5-7-31(8-6-21)11-13-3-2-4-14(22)17(13)23/h2-4,9H,5-8,10-11H2,1H3,(H,32,33)(H2,25,26,27,28,30). The number of carbonyl (C=O) groups is 1. The Hall–Kier alpha value is -3.18. The summed E-state index contributed by atoms with van der Waals surface area (Å²) in [5.41, 5.74) is -0.0558. The summed E-state index contributed by atoms with van der Waals surface area (Å²) >= 11 is 5.85. The predicted molar refractivity (Wildman–Crippen MR) is 116 cm³/mol. The summed E-state index contributed by atoms with van der Waals surface area (Å²) in [6, 6.07) is 6.51. The number of anilines is 2. The van der Waals surface area contributed by atoms with Gasteiger partial charge in [-0.3, -0.25) is 14.8 Å². The Kier molecular flexibility index (Phi) is 6.52. The molecule has 1 aromatic carbocycles. The van der Waals surface area contributed by atoms with E-state index in [9.17, 15) is 18.7 Å². The molecule has 0 amide bonds. The van der Waals surface area contributed by atoms with E-state index in [1.165, 1.54) is 6.07 Å². The first-order chi connectivity index (χ1) is 15.8. The molecule has 0 bridgehead atoms. The van der Waals surface area contributed by atoms with Gasteiger partial charge in [0.1, 0.15) is 11.5 Å². The van der Waals surface area contributed by atoms with Gasteiger partial charge in [-0.1, -0.05) is 23.7 Å². The zero-order valence-electron chi connectivity index (χ0n) is 17.8. The molecule has 0 spiro atoms. The quantitative estimate of drug-likeness (QED) is 0.473. The van der Waals surface area contributed by atoms with Gasteiger partial charge in [0.2, 0.25) is 5.95 Å². The molecular weight excluding hydrogens is 456 g/mol. The molecule has 3 heterocycles. The first-order valence-electron chi connectivity index (χ1n) is 10.3. The highest BCUT2D eigenvalue weighted by Crippen LogP contribution is 2.36. The monoisotopic (exact) mass is 477 g/mol. The van der Waals surface area contributed by atoms with Crippen LogP contribution in [0.25, 0.3) is 0 Å². The zero-order chi connectivity index (χ0) is 23.6. The second kappa shape index (κ2) is 9.36. The molecule has 0 unspecified atom stereocenters. The van der Waals surface area contributed by atoms with Crippen LogP contribution in [-0.2, 0) is 17.8 Å². The van der Waals surface area contributed by atoms with Crippen molar-refractivity contribution in [2.24, 2.45) is 5.41 Å². The molecule has 0 saturated carbocycles. The number of likely N-dealkylation sites (tertiary alicyclic amines) is 1. The lowest BCUT2D eigenvalue weighted by atomic mass is 9.74. The Morgan fingerprint density at radius 2 is 2.06 bits per heavy atom. The van der Waals surface area contributed by atoms with E-state index in [4.69, 9.17) is 11.6 Å². The number of hydrogen-bond donors (Lipinski definition) is 3. The van der Waals surface area contributed by atoms with Gasteiger partial charge in [0.25, 0.3) is 5.95 Å². The van der Waals surface area contributed by atoms with Crippen LogP contribution in [0.2, 0.25) is 5.02 Å². The summed E-state index contributed by atoms with van der Waals surface area (Å²) < 4.78 is 28.6. The first-order valence-corrected chi connectivity index (χ1v) is 10.7. The highest BCUT2D eigenvalue weighted by molar-refractivity contribution is 6.30. The van der Waals surface area contributed by atoms with Gasteiger partial charge in [-0.2, -0.15) is 9.49 Å². The molecule has 4 rings (SSSR count). The van der Waals surface area contributed by atoms with E-state index in [1.54, 1.807) is 18.2 Å². The molecular formula is C21H22ClF2N7O2. The van der Waals surface area contributed by atoms with E-state index in [2.05, 4.69) is 30.7 Å². The molecule has 1 saturated heterocycles. The van der Waals surface area contributed by atoms with Gasteiger partial charge < -0.3 is 10.4 Å². The molecule has 0 aliphatic carbocycles. The Labute approximate surface area is 193 Å². The maximum absolute atomic E-state index is 14.4. The average Bonchev–Trinajstić information content (AvgIpc) is 3.19. The number of benzene rings is 1. The summed E-state index contributed by atoms with van der Waals surface area (Å²) in [5.74, 6) is -1.97. The van der Waals surface area contributed by atoms with E-state index in [0.717, 1.165) is 5.69 Å². The van der Waals surface area contributed by atoms with Gasteiger partial charge in [-0.15, -0.1) is 10.2 Å². The predicted octanol–water partition coefficient (Wildman–Crippen LogP) is 3.49. The normalized spacial score (nSPS) is 16.0. The summed E-state index contributed by atoms with van der Waals surface area (Å²) in [6.45, 7) is 2.92. The second-order valence-electron chi connectivity index (χ2n) is 8.19. The number of aromatic nitrogens is 5. The first kappa shape index (κ1) is 23.0. The van der Waals surface area contributed by atoms with Gasteiger partial charge in [-0.25, -0.2) is 9.37 Å². The lowest BCUT2D eigenvalue weighted by Crippen LogP contribution is -2.45. The largest absolute Gasteiger partial charge is 0.481 e. The van der Waals surface area contributed by atoms with Crippen LogP contribution in [0.1, 0.15) is 29.8 Å². The van der Waals surface area contributed by atoms with Crippen molar-refractivity contribution in [2.75, 3.05) is 18.4 Å². The number of nitrogens with zero attached hydrogens (tertiary/aromatic N) is 5. The molecule has 2 aromatic heterocycles. The molecule has 1 fully saturated rings. The molecule has 9 nitrogen and oxygen atoms in total. The fourth-order valence-corrected chi connectivity index (χ4v) is 4.14. The fourth-order valence-electron chi connectivity index (χ4n) is 3.94. The zero-order valence-corrected chi connectivity index (χ0v) is 18.5. The van der Waals surface area contributed by atoms with Crippen molar-refractivity contribution in [1.82, 2.24) is 30.3 Å². The minimum atomic E-state index is -1.22. The maximum atomic E-state index is 14.4. The SMILES string of the molecule is Cc1cc(Nc2nnc(F)c(CC3(C(=O)O)CCN(Cc4cccc(Cl)c4F)CC3)n2)n[nH]1. The number of aliphatic carboxylic acids is 1. The summed E-state index contributed by atoms with van der Waals surface area (Å²) in [6.07, 6.45) is 0.349. The van der Waals surface area contributed by atoms with Crippen molar-refractivity contribution in [3.63, 3.8) is 0 Å². The molecule has 12 heteroatoms. The van der Waals surface area contributed by atoms with Crippen molar-refractivity contribution in [3.8, 4) is 0 Å². The van der Waals surface area contributed by atoms with Crippen molar-refractivity contribution < 1.29 is 18.7 Å². The number of rotatable bonds is 7. The van der Waals surface area contributed by atoms with E-state index in [-0.39, 0.29) is 35.9 Å². The number of aryl methyl sites for hydroxylation is 1. The van der Waals surface area contributed by atoms with Gasteiger partial charge >= 0.3 is 5.97 Å². The molecule has 3 aromatic rings. The third kappa shape index (κ3) is 5.09. The Morgan fingerprint density at radius 1 is 1.30 bits per heavy atom. The van der Waals surface area contributed by atoms with E-state index >= 15 is 0 Å². The van der Waals surface area contributed by atoms with Crippen molar-refractivity contribution in [2.45, 2.75) is 32.7 Å². The molecule has 1 aliphatic rings. The van der Waals surface area contributed by atoms with E-state index in [1.807, 2.05) is 11.8 Å². The Bertz CT molecular complexity index is 1170. The number of piperidine rings is 1. The minimum Gasteiger partial charge on any atom is -0.481 e. The summed E-state index contributed by atoms with van der Waals surface area (Å²) in [4.78, 5) is 18.3. The van der Waals surface area contributed by atoms with Crippen molar-refractivity contribution in [1.29, 1.82) is 0 Å². The summed E-state index contributed by atoms with van der Waals surface area (Å²) in [7, 11) is 0. The van der Waals surface area contributed by atoms with Crippen LogP contribution in [0, 0.1) is 24.1 Å². The molecule has 33 heavy (non-hydrogen) atoms. The van der Waals surface area contributed by atoms with Crippen molar-refractivity contribution in [3.05, 3.63) is 58.0 Å². The van der Waals surface area contributed by atoms with Crippen LogP contribution < -0.4 is 5.32 Å².